The highest BCUT2D eigenvalue weighted by Gasteiger charge is 2.14. The minimum atomic E-state index is 0.315. The number of aromatic nitrogens is 2. The summed E-state index contributed by atoms with van der Waals surface area (Å²) >= 11 is 3.42. The van der Waals surface area contributed by atoms with Gasteiger partial charge in [-0.3, -0.25) is 0 Å². The Kier molecular flexibility index (Phi) is 4.95. The third-order valence-corrected chi connectivity index (χ3v) is 3.42. The molecule has 1 unspecified atom stereocenters. The molecule has 0 spiro atoms. The molecule has 1 N–H and O–H groups in total. The molecule has 0 saturated carbocycles. The molecule has 1 saturated heterocycles. The highest BCUT2D eigenvalue weighted by molar-refractivity contribution is 9.10. The first-order valence-electron chi connectivity index (χ1n) is 6.55. The van der Waals surface area contributed by atoms with Crippen LogP contribution in [0.1, 0.15) is 44.9 Å². The molecule has 2 rings (SSSR count). The zero-order valence-corrected chi connectivity index (χ0v) is 12.5. The molecule has 1 aliphatic heterocycles. The molecular weight excluding hydrogens is 294 g/mol. The van der Waals surface area contributed by atoms with Gasteiger partial charge in [-0.1, -0.05) is 13.8 Å². The Morgan fingerprint density at radius 2 is 2.28 bits per heavy atom. The molecule has 1 aromatic rings. The SMILES string of the molecule is CC(C)c1nc(Br)cc(NCC2CCCCO2)n1. The van der Waals surface area contributed by atoms with Crippen LogP contribution in [0.15, 0.2) is 10.7 Å². The van der Waals surface area contributed by atoms with Crippen LogP contribution in [0.2, 0.25) is 0 Å². The minimum absolute atomic E-state index is 0.315. The maximum Gasteiger partial charge on any atom is 0.134 e. The van der Waals surface area contributed by atoms with Gasteiger partial charge in [0.05, 0.1) is 6.10 Å². The number of nitrogens with one attached hydrogen (secondary N) is 1. The van der Waals surface area contributed by atoms with Gasteiger partial charge in [0.15, 0.2) is 0 Å². The molecule has 1 fully saturated rings. The van der Waals surface area contributed by atoms with Gasteiger partial charge in [-0.05, 0) is 35.2 Å². The molecule has 4 nitrogen and oxygen atoms in total. The smallest absolute Gasteiger partial charge is 0.134 e. The van der Waals surface area contributed by atoms with E-state index in [9.17, 15) is 0 Å². The van der Waals surface area contributed by atoms with Crippen molar-refractivity contribution >= 4 is 21.7 Å². The Hall–Kier alpha value is -0.680. The number of hydrogen-bond acceptors (Lipinski definition) is 4. The molecule has 0 radical (unpaired) electrons. The van der Waals surface area contributed by atoms with Crippen molar-refractivity contribution in [3.05, 3.63) is 16.5 Å². The van der Waals surface area contributed by atoms with Crippen LogP contribution in [0, 0.1) is 0 Å². The topological polar surface area (TPSA) is 47.0 Å². The van der Waals surface area contributed by atoms with Crippen LogP contribution >= 0.6 is 15.9 Å². The lowest BCUT2D eigenvalue weighted by molar-refractivity contribution is 0.0247. The fraction of sp³-hybridized carbons (Fsp3) is 0.692. The number of ether oxygens (including phenoxy) is 1. The van der Waals surface area contributed by atoms with E-state index in [1.165, 1.54) is 12.8 Å². The van der Waals surface area contributed by atoms with Gasteiger partial charge < -0.3 is 10.1 Å². The Morgan fingerprint density at radius 3 is 2.94 bits per heavy atom. The molecule has 5 heteroatoms. The summed E-state index contributed by atoms with van der Waals surface area (Å²) in [5.41, 5.74) is 0. The fourth-order valence-electron chi connectivity index (χ4n) is 1.97. The molecule has 0 bridgehead atoms. The number of halogens is 1. The third-order valence-electron chi connectivity index (χ3n) is 3.01. The van der Waals surface area contributed by atoms with E-state index >= 15 is 0 Å². The van der Waals surface area contributed by atoms with E-state index in [1.807, 2.05) is 6.07 Å². The van der Waals surface area contributed by atoms with Crippen molar-refractivity contribution in [2.45, 2.75) is 45.1 Å². The second kappa shape index (κ2) is 6.48. The standard InChI is InChI=1S/C13H20BrN3O/c1-9(2)13-16-11(14)7-12(17-13)15-8-10-5-3-4-6-18-10/h7,9-10H,3-6,8H2,1-2H3,(H,15,16,17). The normalized spacial score (nSPS) is 20.1. The summed E-state index contributed by atoms with van der Waals surface area (Å²) in [5, 5.41) is 3.34. The second-order valence-electron chi connectivity index (χ2n) is 4.96. The summed E-state index contributed by atoms with van der Waals surface area (Å²) in [7, 11) is 0. The molecule has 1 atom stereocenters. The van der Waals surface area contributed by atoms with Crippen LogP contribution in [-0.4, -0.2) is 29.2 Å². The van der Waals surface area contributed by atoms with E-state index in [0.29, 0.717) is 12.0 Å². The van der Waals surface area contributed by atoms with Crippen molar-refractivity contribution in [3.63, 3.8) is 0 Å². The Morgan fingerprint density at radius 1 is 1.44 bits per heavy atom. The maximum atomic E-state index is 5.69. The predicted octanol–water partition coefficient (Wildman–Crippen LogP) is 3.34. The number of hydrogen-bond donors (Lipinski definition) is 1. The molecule has 100 valence electrons. The number of nitrogens with zero attached hydrogens (tertiary/aromatic N) is 2. The number of anilines is 1. The monoisotopic (exact) mass is 313 g/mol. The lowest BCUT2D eigenvalue weighted by atomic mass is 10.1. The van der Waals surface area contributed by atoms with Crippen LogP contribution in [-0.2, 0) is 4.74 Å². The van der Waals surface area contributed by atoms with Gasteiger partial charge in [0.25, 0.3) is 0 Å². The van der Waals surface area contributed by atoms with Crippen LogP contribution in [0.5, 0.6) is 0 Å². The highest BCUT2D eigenvalue weighted by atomic mass is 79.9. The summed E-state index contributed by atoms with van der Waals surface area (Å²) in [4.78, 5) is 8.87. The summed E-state index contributed by atoms with van der Waals surface area (Å²) in [6, 6.07) is 1.91. The Balaban J connectivity index is 1.95. The lowest BCUT2D eigenvalue weighted by Crippen LogP contribution is -2.27. The van der Waals surface area contributed by atoms with Gasteiger partial charge in [0.1, 0.15) is 16.2 Å². The van der Waals surface area contributed by atoms with Crippen molar-refractivity contribution in [2.24, 2.45) is 0 Å². The van der Waals surface area contributed by atoms with E-state index in [-0.39, 0.29) is 0 Å². The van der Waals surface area contributed by atoms with Gasteiger partial charge in [0, 0.05) is 25.1 Å². The first-order valence-corrected chi connectivity index (χ1v) is 7.34. The molecular formula is C13H20BrN3O. The van der Waals surface area contributed by atoms with Crippen LogP contribution in [0.25, 0.3) is 0 Å². The van der Waals surface area contributed by atoms with Gasteiger partial charge >= 0.3 is 0 Å². The second-order valence-corrected chi connectivity index (χ2v) is 5.77. The average Bonchev–Trinajstić information content (AvgIpc) is 2.37. The minimum Gasteiger partial charge on any atom is -0.376 e. The highest BCUT2D eigenvalue weighted by Crippen LogP contribution is 2.18. The van der Waals surface area contributed by atoms with E-state index in [2.05, 4.69) is 45.1 Å². The van der Waals surface area contributed by atoms with Crippen molar-refractivity contribution < 1.29 is 4.74 Å². The molecule has 0 amide bonds. The Bertz CT molecular complexity index is 392. The third kappa shape index (κ3) is 3.92. The van der Waals surface area contributed by atoms with Gasteiger partial charge in [-0.15, -0.1) is 0 Å². The summed E-state index contributed by atoms with van der Waals surface area (Å²) < 4.78 is 6.52. The molecule has 18 heavy (non-hydrogen) atoms. The van der Waals surface area contributed by atoms with Crippen molar-refractivity contribution in [1.82, 2.24) is 9.97 Å². The number of rotatable bonds is 4. The van der Waals surface area contributed by atoms with Gasteiger partial charge in [-0.25, -0.2) is 9.97 Å². The first kappa shape index (κ1) is 13.7. The van der Waals surface area contributed by atoms with Gasteiger partial charge in [-0.2, -0.15) is 0 Å². The fourth-order valence-corrected chi connectivity index (χ4v) is 2.37. The Labute approximate surface area is 117 Å². The summed E-state index contributed by atoms with van der Waals surface area (Å²) in [5.74, 6) is 2.06. The molecule has 2 heterocycles. The van der Waals surface area contributed by atoms with Crippen LogP contribution < -0.4 is 5.32 Å². The van der Waals surface area contributed by atoms with E-state index in [4.69, 9.17) is 4.74 Å². The first-order chi connectivity index (χ1) is 8.65. The van der Waals surface area contributed by atoms with Crippen molar-refractivity contribution in [1.29, 1.82) is 0 Å². The summed E-state index contributed by atoms with van der Waals surface area (Å²) in [6.07, 6.45) is 3.90. The molecule has 1 aliphatic rings. The average molecular weight is 314 g/mol. The molecule has 1 aromatic heterocycles. The van der Waals surface area contributed by atoms with Gasteiger partial charge in [0.2, 0.25) is 0 Å². The van der Waals surface area contributed by atoms with Crippen molar-refractivity contribution in [2.75, 3.05) is 18.5 Å². The lowest BCUT2D eigenvalue weighted by Gasteiger charge is -2.23. The van der Waals surface area contributed by atoms with E-state index in [0.717, 1.165) is 35.8 Å². The van der Waals surface area contributed by atoms with Crippen LogP contribution in [0.4, 0.5) is 5.82 Å². The van der Waals surface area contributed by atoms with E-state index in [1.54, 1.807) is 0 Å². The summed E-state index contributed by atoms with van der Waals surface area (Å²) in [6.45, 7) is 5.89. The van der Waals surface area contributed by atoms with E-state index < -0.39 is 0 Å². The zero-order valence-electron chi connectivity index (χ0n) is 10.9. The van der Waals surface area contributed by atoms with Crippen molar-refractivity contribution in [3.8, 4) is 0 Å². The molecule has 0 aliphatic carbocycles. The zero-order chi connectivity index (χ0) is 13.0. The molecule has 0 aromatic carbocycles. The largest absolute Gasteiger partial charge is 0.376 e. The quantitative estimate of drug-likeness (QED) is 0.866. The van der Waals surface area contributed by atoms with Crippen LogP contribution in [0.3, 0.4) is 0 Å². The maximum absolute atomic E-state index is 5.69. The predicted molar refractivity (Wildman–Crippen MR) is 75.9 cm³/mol.